The van der Waals surface area contributed by atoms with Gasteiger partial charge in [-0.15, -0.1) is 0 Å². The number of hydrogen-bond donors (Lipinski definition) is 3. The summed E-state index contributed by atoms with van der Waals surface area (Å²) in [6.45, 7) is 1.68. The smallest absolute Gasteiger partial charge is 0.430 e. The van der Waals surface area contributed by atoms with Gasteiger partial charge in [-0.2, -0.15) is 13.2 Å². The van der Waals surface area contributed by atoms with E-state index in [-0.39, 0.29) is 11.7 Å². The lowest BCUT2D eigenvalue weighted by atomic mass is 9.73. The van der Waals surface area contributed by atoms with Crippen molar-refractivity contribution in [3.63, 3.8) is 0 Å². The van der Waals surface area contributed by atoms with Crippen LogP contribution in [0.4, 0.5) is 18.9 Å². The van der Waals surface area contributed by atoms with Gasteiger partial charge in [-0.3, -0.25) is 9.59 Å². The number of halogens is 4. The topological polar surface area (TPSA) is 90.9 Å². The van der Waals surface area contributed by atoms with E-state index < -0.39 is 29.3 Å². The minimum Gasteiger partial charge on any atom is -0.497 e. The summed E-state index contributed by atoms with van der Waals surface area (Å²) in [5.41, 5.74) is -2.85. The Kier molecular flexibility index (Phi) is 8.66. The van der Waals surface area contributed by atoms with Crippen LogP contribution in [0.1, 0.15) is 48.0 Å². The van der Waals surface area contributed by atoms with Crippen LogP contribution in [-0.2, 0) is 10.4 Å². The Morgan fingerprint density at radius 1 is 1.10 bits per heavy atom. The highest BCUT2D eigenvalue weighted by atomic mass is 35.5. The molecule has 2 amide bonds. The van der Waals surface area contributed by atoms with Crippen LogP contribution in [0.25, 0.3) is 0 Å². The van der Waals surface area contributed by atoms with E-state index in [2.05, 4.69) is 15.5 Å². The van der Waals surface area contributed by atoms with E-state index in [9.17, 15) is 27.9 Å². The molecule has 2 aromatic rings. The van der Waals surface area contributed by atoms with Crippen LogP contribution in [0, 0.1) is 11.8 Å². The number of methoxy groups -OCH3 is 1. The molecule has 4 rings (SSSR count). The van der Waals surface area contributed by atoms with Crippen molar-refractivity contribution in [2.75, 3.05) is 32.1 Å². The van der Waals surface area contributed by atoms with Gasteiger partial charge in [0.15, 0.2) is 0 Å². The maximum atomic E-state index is 13.9. The summed E-state index contributed by atoms with van der Waals surface area (Å²) in [4.78, 5) is 26.8. The Hall–Kier alpha value is -2.98. The molecule has 7 nitrogen and oxygen atoms in total. The molecule has 1 atom stereocenters. The molecular formula is C28H33ClF3N3O4. The number of piperidine rings is 1. The van der Waals surface area contributed by atoms with Gasteiger partial charge in [0, 0.05) is 37.4 Å². The first kappa shape index (κ1) is 29.0. The molecule has 0 aromatic heterocycles. The third kappa shape index (κ3) is 6.11. The summed E-state index contributed by atoms with van der Waals surface area (Å²) in [7, 11) is 2.85. The van der Waals surface area contributed by atoms with Gasteiger partial charge in [0.05, 0.1) is 17.7 Å². The number of hydrogen-bond acceptors (Lipinski definition) is 5. The normalized spacial score (nSPS) is 21.5. The fourth-order valence-corrected chi connectivity index (χ4v) is 5.79. The van der Waals surface area contributed by atoms with E-state index in [0.29, 0.717) is 35.3 Å². The number of amides is 2. The SMILES string of the molecule is CNC(=O)c1ccc(N2CCC(CC3CC(NC(=O)[C@](O)(c4cccc(OC)c4)C(F)(F)F)C3)CC2)cc1Cl. The number of carbonyl (C=O) groups excluding carboxylic acids is 2. The molecule has 2 fully saturated rings. The van der Waals surface area contributed by atoms with E-state index in [1.54, 1.807) is 19.2 Å². The summed E-state index contributed by atoms with van der Waals surface area (Å²) in [6.07, 6.45) is -1.18. The quantitative estimate of drug-likeness (QED) is 0.432. The molecule has 39 heavy (non-hydrogen) atoms. The lowest BCUT2D eigenvalue weighted by molar-refractivity contribution is -0.257. The second-order valence-electron chi connectivity index (χ2n) is 10.4. The molecule has 1 saturated heterocycles. The molecule has 1 saturated carbocycles. The average Bonchev–Trinajstić information content (AvgIpc) is 2.90. The highest BCUT2D eigenvalue weighted by molar-refractivity contribution is 6.34. The standard InChI is InChI=1S/C28H33ClF3N3O4/c1-33-25(36)23-7-6-21(16-24(23)29)35-10-8-17(9-11-35)12-18-13-20(14-18)34-26(37)27(38,28(30,31)32)19-4-3-5-22(15-19)39-2/h3-7,15-18,20,38H,8-14H2,1-2H3,(H,33,36)(H,34,37)/t18?,20?,27-/m1/s1. The second kappa shape index (κ2) is 11.6. The van der Waals surface area contributed by atoms with Gasteiger partial charge in [-0.1, -0.05) is 23.7 Å². The van der Waals surface area contributed by atoms with E-state index >= 15 is 0 Å². The molecular weight excluding hydrogens is 535 g/mol. The molecule has 1 aliphatic heterocycles. The zero-order valence-electron chi connectivity index (χ0n) is 21.9. The zero-order valence-corrected chi connectivity index (χ0v) is 22.6. The third-order valence-corrected chi connectivity index (χ3v) is 8.18. The van der Waals surface area contributed by atoms with Crippen molar-refractivity contribution in [3.8, 4) is 5.75 Å². The van der Waals surface area contributed by atoms with E-state index in [1.807, 2.05) is 6.07 Å². The number of nitrogens with one attached hydrogen (secondary N) is 2. The number of rotatable bonds is 8. The molecule has 0 radical (unpaired) electrons. The Balaban J connectivity index is 1.27. The molecule has 0 bridgehead atoms. The number of ether oxygens (including phenoxy) is 1. The monoisotopic (exact) mass is 567 g/mol. The summed E-state index contributed by atoms with van der Waals surface area (Å²) in [5, 5.41) is 16.0. The zero-order chi connectivity index (χ0) is 28.4. The molecule has 1 heterocycles. The van der Waals surface area contributed by atoms with Crippen molar-refractivity contribution in [2.45, 2.75) is 49.9 Å². The molecule has 2 aliphatic rings. The molecule has 1 aliphatic carbocycles. The van der Waals surface area contributed by atoms with Crippen molar-refractivity contribution in [1.29, 1.82) is 0 Å². The summed E-state index contributed by atoms with van der Waals surface area (Å²) in [6, 6.07) is 9.84. The van der Waals surface area contributed by atoms with Crippen molar-refractivity contribution >= 4 is 29.1 Å². The first-order valence-electron chi connectivity index (χ1n) is 13.0. The van der Waals surface area contributed by atoms with Gasteiger partial charge in [-0.05, 0) is 74.3 Å². The minimum atomic E-state index is -5.20. The van der Waals surface area contributed by atoms with Crippen molar-refractivity contribution < 1.29 is 32.6 Å². The summed E-state index contributed by atoms with van der Waals surface area (Å²) in [5.74, 6) is -0.803. The fraction of sp³-hybridized carbons (Fsp3) is 0.500. The highest BCUT2D eigenvalue weighted by Crippen LogP contribution is 2.42. The maximum Gasteiger partial charge on any atom is 0.430 e. The van der Waals surface area contributed by atoms with Gasteiger partial charge in [0.1, 0.15) is 5.75 Å². The molecule has 0 spiro atoms. The van der Waals surface area contributed by atoms with Crippen LogP contribution in [-0.4, -0.2) is 56.4 Å². The van der Waals surface area contributed by atoms with Crippen LogP contribution in [0.3, 0.4) is 0 Å². The first-order chi connectivity index (χ1) is 18.5. The number of benzene rings is 2. The van der Waals surface area contributed by atoms with Gasteiger partial charge < -0.3 is 25.4 Å². The fourth-order valence-electron chi connectivity index (χ4n) is 5.53. The van der Waals surface area contributed by atoms with Crippen molar-refractivity contribution in [1.82, 2.24) is 10.6 Å². The minimum absolute atomic E-state index is 0.113. The molecule has 212 valence electrons. The van der Waals surface area contributed by atoms with Gasteiger partial charge in [0.2, 0.25) is 0 Å². The number of aliphatic hydroxyl groups is 1. The van der Waals surface area contributed by atoms with Gasteiger partial charge in [0.25, 0.3) is 17.4 Å². The van der Waals surface area contributed by atoms with Crippen LogP contribution in [0.5, 0.6) is 5.75 Å². The highest BCUT2D eigenvalue weighted by Gasteiger charge is 2.61. The van der Waals surface area contributed by atoms with Crippen molar-refractivity contribution in [2.24, 2.45) is 11.8 Å². The van der Waals surface area contributed by atoms with E-state index in [4.69, 9.17) is 16.3 Å². The van der Waals surface area contributed by atoms with Gasteiger partial charge >= 0.3 is 6.18 Å². The van der Waals surface area contributed by atoms with Gasteiger partial charge in [-0.25, -0.2) is 0 Å². The Morgan fingerprint density at radius 2 is 1.79 bits per heavy atom. The van der Waals surface area contributed by atoms with E-state index in [1.165, 1.54) is 19.2 Å². The van der Waals surface area contributed by atoms with Crippen LogP contribution in [0.15, 0.2) is 42.5 Å². The molecule has 11 heteroatoms. The summed E-state index contributed by atoms with van der Waals surface area (Å²) < 4.78 is 46.7. The predicted octanol–water partition coefficient (Wildman–Crippen LogP) is 4.66. The number of alkyl halides is 3. The Labute approximate surface area is 230 Å². The molecule has 0 unspecified atom stereocenters. The Morgan fingerprint density at radius 3 is 2.38 bits per heavy atom. The largest absolute Gasteiger partial charge is 0.497 e. The first-order valence-corrected chi connectivity index (χ1v) is 13.3. The number of nitrogens with zero attached hydrogens (tertiary/aromatic N) is 1. The third-order valence-electron chi connectivity index (χ3n) is 7.87. The molecule has 3 N–H and O–H groups in total. The van der Waals surface area contributed by atoms with Crippen molar-refractivity contribution in [3.05, 3.63) is 58.6 Å². The second-order valence-corrected chi connectivity index (χ2v) is 10.8. The summed E-state index contributed by atoms with van der Waals surface area (Å²) >= 11 is 6.30. The maximum absolute atomic E-state index is 13.9. The van der Waals surface area contributed by atoms with E-state index in [0.717, 1.165) is 50.2 Å². The Bertz CT molecular complexity index is 1200. The number of anilines is 1. The van der Waals surface area contributed by atoms with Crippen LogP contribution in [0.2, 0.25) is 5.02 Å². The van der Waals surface area contributed by atoms with Crippen LogP contribution >= 0.6 is 11.6 Å². The predicted molar refractivity (Wildman–Crippen MR) is 142 cm³/mol. The average molecular weight is 568 g/mol. The lowest BCUT2D eigenvalue weighted by Gasteiger charge is -2.41. The van der Waals surface area contributed by atoms with Crippen LogP contribution < -0.4 is 20.3 Å². The lowest BCUT2D eigenvalue weighted by Crippen LogP contribution is -2.58. The molecule has 2 aromatic carbocycles. The number of carbonyl (C=O) groups is 2.